The average Bonchev–Trinajstić information content (AvgIpc) is 2.47. The number of nitrogens with zero attached hydrogens (tertiary/aromatic N) is 2. The summed E-state index contributed by atoms with van der Waals surface area (Å²) in [6.07, 6.45) is 3.86. The first-order chi connectivity index (χ1) is 7.08. The van der Waals surface area contributed by atoms with Crippen LogP contribution in [0.3, 0.4) is 0 Å². The third kappa shape index (κ3) is 2.70. The standard InChI is InChI=1S/C9H11N3.C2H7N/c1-6-3-9-11-7(2)4-12(9)5-8(6)10;1-2-3/h3-5H,10H2,1-2H3;2-3H2,1H3. The number of rotatable bonds is 0. The van der Waals surface area contributed by atoms with E-state index >= 15 is 0 Å². The van der Waals surface area contributed by atoms with E-state index in [1.165, 1.54) is 0 Å². The van der Waals surface area contributed by atoms with E-state index in [0.717, 1.165) is 29.1 Å². The molecule has 0 saturated heterocycles. The summed E-state index contributed by atoms with van der Waals surface area (Å²) >= 11 is 0. The van der Waals surface area contributed by atoms with E-state index in [1.807, 2.05) is 43.6 Å². The second-order valence-corrected chi connectivity index (χ2v) is 3.47. The Bertz CT molecular complexity index is 406. The van der Waals surface area contributed by atoms with Crippen LogP contribution in [0.1, 0.15) is 18.2 Å². The molecule has 0 aliphatic rings. The van der Waals surface area contributed by atoms with Crippen molar-refractivity contribution in [1.82, 2.24) is 9.38 Å². The molecule has 2 aromatic rings. The first-order valence-corrected chi connectivity index (χ1v) is 5.00. The van der Waals surface area contributed by atoms with Crippen molar-refractivity contribution in [3.63, 3.8) is 0 Å². The highest BCUT2D eigenvalue weighted by molar-refractivity contribution is 5.54. The Morgan fingerprint density at radius 1 is 1.33 bits per heavy atom. The first kappa shape index (κ1) is 11.5. The molecule has 4 nitrogen and oxygen atoms in total. The zero-order chi connectivity index (χ0) is 11.4. The van der Waals surface area contributed by atoms with Gasteiger partial charge in [0.1, 0.15) is 5.65 Å². The van der Waals surface area contributed by atoms with E-state index in [-0.39, 0.29) is 0 Å². The second-order valence-electron chi connectivity index (χ2n) is 3.47. The molecule has 4 heteroatoms. The lowest BCUT2D eigenvalue weighted by molar-refractivity contribution is 1.14. The second kappa shape index (κ2) is 4.79. The van der Waals surface area contributed by atoms with E-state index in [1.54, 1.807) is 0 Å². The SMILES string of the molecule is CCN.Cc1cn2cc(N)c(C)cc2n1. The summed E-state index contributed by atoms with van der Waals surface area (Å²) in [4.78, 5) is 4.32. The normalized spacial score (nSPS) is 9.87. The molecular formula is C11H18N4. The van der Waals surface area contributed by atoms with Crippen molar-refractivity contribution in [1.29, 1.82) is 0 Å². The number of anilines is 1. The van der Waals surface area contributed by atoms with Gasteiger partial charge in [-0.25, -0.2) is 4.98 Å². The zero-order valence-corrected chi connectivity index (χ0v) is 9.49. The van der Waals surface area contributed by atoms with E-state index in [2.05, 4.69) is 4.98 Å². The molecule has 0 unspecified atom stereocenters. The lowest BCUT2D eigenvalue weighted by atomic mass is 10.2. The van der Waals surface area contributed by atoms with Crippen LogP contribution in [0.15, 0.2) is 18.5 Å². The Kier molecular flexibility index (Phi) is 3.68. The van der Waals surface area contributed by atoms with Crippen molar-refractivity contribution in [2.45, 2.75) is 20.8 Å². The van der Waals surface area contributed by atoms with Crippen LogP contribution in [0.2, 0.25) is 0 Å². The molecule has 0 spiro atoms. The molecule has 82 valence electrons. The van der Waals surface area contributed by atoms with Crippen LogP contribution in [0.5, 0.6) is 0 Å². The highest BCUT2D eigenvalue weighted by Gasteiger charge is 1.99. The number of pyridine rings is 1. The number of hydrogen-bond acceptors (Lipinski definition) is 3. The molecule has 0 aromatic carbocycles. The molecule has 0 bridgehead atoms. The van der Waals surface area contributed by atoms with Gasteiger partial charge < -0.3 is 15.9 Å². The van der Waals surface area contributed by atoms with Gasteiger partial charge in [-0.2, -0.15) is 0 Å². The monoisotopic (exact) mass is 206 g/mol. The van der Waals surface area contributed by atoms with Gasteiger partial charge in [0.2, 0.25) is 0 Å². The van der Waals surface area contributed by atoms with Crippen molar-refractivity contribution >= 4 is 11.3 Å². The van der Waals surface area contributed by atoms with Crippen LogP contribution in [-0.2, 0) is 0 Å². The molecule has 0 atom stereocenters. The van der Waals surface area contributed by atoms with E-state index in [9.17, 15) is 0 Å². The minimum atomic E-state index is 0.750. The Morgan fingerprint density at radius 2 is 1.93 bits per heavy atom. The maximum atomic E-state index is 5.75. The Morgan fingerprint density at radius 3 is 2.53 bits per heavy atom. The van der Waals surface area contributed by atoms with Gasteiger partial charge in [0.25, 0.3) is 0 Å². The molecule has 15 heavy (non-hydrogen) atoms. The van der Waals surface area contributed by atoms with Crippen LogP contribution in [0.4, 0.5) is 5.69 Å². The largest absolute Gasteiger partial charge is 0.397 e. The number of aryl methyl sites for hydroxylation is 2. The van der Waals surface area contributed by atoms with Crippen LogP contribution in [-0.4, -0.2) is 15.9 Å². The predicted octanol–water partition coefficient (Wildman–Crippen LogP) is 1.50. The Balaban J connectivity index is 0.000000337. The molecule has 0 amide bonds. The molecule has 4 N–H and O–H groups in total. The van der Waals surface area contributed by atoms with Gasteiger partial charge in [-0.1, -0.05) is 6.92 Å². The third-order valence-corrected chi connectivity index (χ3v) is 1.96. The molecule has 0 aliphatic carbocycles. The first-order valence-electron chi connectivity index (χ1n) is 5.00. The van der Waals surface area contributed by atoms with E-state index in [0.29, 0.717) is 0 Å². The molecular weight excluding hydrogens is 188 g/mol. The lowest BCUT2D eigenvalue weighted by Crippen LogP contribution is -1.93. The fourth-order valence-electron chi connectivity index (χ4n) is 1.27. The molecule has 0 aliphatic heterocycles. The summed E-state index contributed by atoms with van der Waals surface area (Å²) in [6.45, 7) is 6.61. The maximum Gasteiger partial charge on any atom is 0.137 e. The molecule has 0 radical (unpaired) electrons. The average molecular weight is 206 g/mol. The molecule has 0 fully saturated rings. The number of hydrogen-bond donors (Lipinski definition) is 2. The van der Waals surface area contributed by atoms with Gasteiger partial charge in [-0.3, -0.25) is 0 Å². The fourth-order valence-corrected chi connectivity index (χ4v) is 1.27. The summed E-state index contributed by atoms with van der Waals surface area (Å²) in [7, 11) is 0. The summed E-state index contributed by atoms with van der Waals surface area (Å²) < 4.78 is 1.94. The number of fused-ring (bicyclic) bond motifs is 1. The van der Waals surface area contributed by atoms with Crippen LogP contribution < -0.4 is 11.5 Å². The van der Waals surface area contributed by atoms with Gasteiger partial charge in [0.05, 0.1) is 11.4 Å². The summed E-state index contributed by atoms with van der Waals surface area (Å²) in [5, 5.41) is 0. The van der Waals surface area contributed by atoms with E-state index in [4.69, 9.17) is 11.5 Å². The zero-order valence-electron chi connectivity index (χ0n) is 9.49. The minimum Gasteiger partial charge on any atom is -0.397 e. The fraction of sp³-hybridized carbons (Fsp3) is 0.364. The quantitative estimate of drug-likeness (QED) is 0.686. The maximum absolute atomic E-state index is 5.75. The van der Waals surface area contributed by atoms with Crippen molar-refractivity contribution in [3.05, 3.63) is 29.7 Å². The van der Waals surface area contributed by atoms with Gasteiger partial charge >= 0.3 is 0 Å². The molecule has 2 aromatic heterocycles. The topological polar surface area (TPSA) is 69.3 Å². The van der Waals surface area contributed by atoms with Crippen molar-refractivity contribution in [3.8, 4) is 0 Å². The van der Waals surface area contributed by atoms with Crippen LogP contribution >= 0.6 is 0 Å². The molecule has 2 heterocycles. The smallest absolute Gasteiger partial charge is 0.137 e. The summed E-state index contributed by atoms with van der Waals surface area (Å²) in [5.41, 5.74) is 14.4. The van der Waals surface area contributed by atoms with Crippen LogP contribution in [0, 0.1) is 13.8 Å². The Labute approximate surface area is 89.9 Å². The van der Waals surface area contributed by atoms with Gasteiger partial charge in [0, 0.05) is 12.4 Å². The van der Waals surface area contributed by atoms with Crippen molar-refractivity contribution in [2.24, 2.45) is 5.73 Å². The summed E-state index contributed by atoms with van der Waals surface area (Å²) in [5.74, 6) is 0. The highest BCUT2D eigenvalue weighted by Crippen LogP contribution is 2.13. The van der Waals surface area contributed by atoms with Gasteiger partial charge in [0.15, 0.2) is 0 Å². The third-order valence-electron chi connectivity index (χ3n) is 1.96. The van der Waals surface area contributed by atoms with E-state index < -0.39 is 0 Å². The minimum absolute atomic E-state index is 0.750. The predicted molar refractivity (Wildman–Crippen MR) is 63.8 cm³/mol. The number of nitrogens with two attached hydrogens (primary N) is 2. The van der Waals surface area contributed by atoms with Crippen LogP contribution in [0.25, 0.3) is 5.65 Å². The lowest BCUT2D eigenvalue weighted by Gasteiger charge is -1.99. The number of imidazole rings is 1. The number of aromatic nitrogens is 2. The Hall–Kier alpha value is -1.55. The van der Waals surface area contributed by atoms with Gasteiger partial charge in [-0.05, 0) is 32.0 Å². The highest BCUT2D eigenvalue weighted by atomic mass is 15.0. The van der Waals surface area contributed by atoms with Gasteiger partial charge in [-0.15, -0.1) is 0 Å². The molecule has 2 rings (SSSR count). The summed E-state index contributed by atoms with van der Waals surface area (Å²) in [6, 6.07) is 1.99. The van der Waals surface area contributed by atoms with Crippen molar-refractivity contribution < 1.29 is 0 Å². The number of nitrogen functional groups attached to an aromatic ring is 1. The molecule has 0 saturated carbocycles. The van der Waals surface area contributed by atoms with Crippen molar-refractivity contribution in [2.75, 3.05) is 12.3 Å².